The van der Waals surface area contributed by atoms with Crippen molar-refractivity contribution in [2.75, 3.05) is 10.5 Å². The Labute approximate surface area is 104 Å². The minimum Gasteiger partial charge on any atom is -0.480 e. The van der Waals surface area contributed by atoms with Gasteiger partial charge in [-0.3, -0.25) is 14.3 Å². The van der Waals surface area contributed by atoms with Crippen molar-refractivity contribution in [3.05, 3.63) is 29.3 Å². The standard InChI is InChI=1S/C10H12N2O5S/c1-6-4-7(10(11)15)2-3-8(6)12-18(16,17)5-9(13)14/h2-4,12H,5H2,1H3,(H2,11,15)(H,13,14). The van der Waals surface area contributed by atoms with Gasteiger partial charge < -0.3 is 10.8 Å². The average Bonchev–Trinajstić information content (AvgIpc) is 2.18. The predicted octanol–water partition coefficient (Wildman–Crippen LogP) is -0.0798. The maximum atomic E-state index is 11.4. The molecule has 1 aromatic rings. The van der Waals surface area contributed by atoms with E-state index in [9.17, 15) is 18.0 Å². The molecule has 1 amide bonds. The molecule has 0 saturated carbocycles. The minimum absolute atomic E-state index is 0.209. The zero-order chi connectivity index (χ0) is 13.9. The molecule has 0 heterocycles. The maximum Gasteiger partial charge on any atom is 0.320 e. The summed E-state index contributed by atoms with van der Waals surface area (Å²) in [6.07, 6.45) is 0. The summed E-state index contributed by atoms with van der Waals surface area (Å²) in [5, 5.41) is 8.43. The van der Waals surface area contributed by atoms with Gasteiger partial charge in [-0.1, -0.05) is 0 Å². The summed E-state index contributed by atoms with van der Waals surface area (Å²) in [4.78, 5) is 21.3. The normalized spacial score (nSPS) is 10.9. The summed E-state index contributed by atoms with van der Waals surface area (Å²) < 4.78 is 24.9. The van der Waals surface area contributed by atoms with Gasteiger partial charge >= 0.3 is 5.97 Å². The Kier molecular flexibility index (Phi) is 3.92. The summed E-state index contributed by atoms with van der Waals surface area (Å²) in [6, 6.07) is 4.13. The molecule has 0 atom stereocenters. The molecule has 0 fully saturated rings. The molecule has 0 radical (unpaired) electrons. The number of nitrogens with two attached hydrogens (primary N) is 1. The number of rotatable bonds is 5. The molecule has 0 aromatic heterocycles. The monoisotopic (exact) mass is 272 g/mol. The lowest BCUT2D eigenvalue weighted by Crippen LogP contribution is -2.23. The van der Waals surface area contributed by atoms with Crippen LogP contribution in [0.25, 0.3) is 0 Å². The van der Waals surface area contributed by atoms with Crippen LogP contribution in [0.15, 0.2) is 18.2 Å². The molecule has 1 rings (SSSR count). The van der Waals surface area contributed by atoms with Crippen LogP contribution in [-0.4, -0.2) is 31.2 Å². The van der Waals surface area contributed by atoms with Gasteiger partial charge in [0.2, 0.25) is 15.9 Å². The first-order chi connectivity index (χ1) is 8.21. The Bertz CT molecular complexity index is 594. The number of carbonyl (C=O) groups is 2. The van der Waals surface area contributed by atoms with Crippen molar-refractivity contribution in [2.45, 2.75) is 6.92 Å². The highest BCUT2D eigenvalue weighted by Gasteiger charge is 2.16. The summed E-state index contributed by atoms with van der Waals surface area (Å²) in [5.74, 6) is -3.10. The van der Waals surface area contributed by atoms with E-state index in [2.05, 4.69) is 4.72 Å². The summed E-state index contributed by atoms with van der Waals surface area (Å²) in [5.41, 5.74) is 6.00. The lowest BCUT2D eigenvalue weighted by molar-refractivity contribution is -0.134. The summed E-state index contributed by atoms with van der Waals surface area (Å²) in [6.45, 7) is 1.57. The Balaban J connectivity index is 2.99. The van der Waals surface area contributed by atoms with Gasteiger partial charge in [-0.2, -0.15) is 0 Å². The van der Waals surface area contributed by atoms with E-state index in [-0.39, 0.29) is 11.3 Å². The van der Waals surface area contributed by atoms with Gasteiger partial charge in [0.05, 0.1) is 5.69 Å². The van der Waals surface area contributed by atoms with Crippen molar-refractivity contribution >= 4 is 27.6 Å². The lowest BCUT2D eigenvalue weighted by atomic mass is 10.1. The van der Waals surface area contributed by atoms with Crippen molar-refractivity contribution in [3.8, 4) is 0 Å². The molecule has 1 aromatic carbocycles. The van der Waals surface area contributed by atoms with E-state index in [1.54, 1.807) is 6.92 Å². The van der Waals surface area contributed by atoms with Crippen LogP contribution in [0.1, 0.15) is 15.9 Å². The van der Waals surface area contributed by atoms with E-state index >= 15 is 0 Å². The number of carboxylic acid groups (broad SMARTS) is 1. The zero-order valence-corrected chi connectivity index (χ0v) is 10.3. The van der Waals surface area contributed by atoms with Crippen molar-refractivity contribution in [1.82, 2.24) is 0 Å². The average molecular weight is 272 g/mol. The number of carboxylic acids is 1. The van der Waals surface area contributed by atoms with Gasteiger partial charge in [-0.05, 0) is 30.7 Å². The number of hydrogen-bond donors (Lipinski definition) is 3. The van der Waals surface area contributed by atoms with Crippen LogP contribution in [-0.2, 0) is 14.8 Å². The highest BCUT2D eigenvalue weighted by Crippen LogP contribution is 2.17. The largest absolute Gasteiger partial charge is 0.480 e. The summed E-state index contributed by atoms with van der Waals surface area (Å²) in [7, 11) is -3.96. The van der Waals surface area contributed by atoms with Gasteiger partial charge in [-0.15, -0.1) is 0 Å². The van der Waals surface area contributed by atoms with Crippen LogP contribution < -0.4 is 10.5 Å². The van der Waals surface area contributed by atoms with Crippen LogP contribution in [0.4, 0.5) is 5.69 Å². The Morgan fingerprint density at radius 3 is 2.44 bits per heavy atom. The fourth-order valence-corrected chi connectivity index (χ4v) is 2.26. The molecular formula is C10H12N2O5S. The highest BCUT2D eigenvalue weighted by atomic mass is 32.2. The fraction of sp³-hybridized carbons (Fsp3) is 0.200. The second-order valence-electron chi connectivity index (χ2n) is 3.65. The van der Waals surface area contributed by atoms with E-state index in [0.717, 1.165) is 0 Å². The van der Waals surface area contributed by atoms with Crippen molar-refractivity contribution < 1.29 is 23.1 Å². The Hall–Kier alpha value is -2.09. The Morgan fingerprint density at radius 1 is 1.39 bits per heavy atom. The third-order valence-corrected chi connectivity index (χ3v) is 3.25. The maximum absolute atomic E-state index is 11.4. The number of nitrogens with one attached hydrogen (secondary N) is 1. The first-order valence-corrected chi connectivity index (χ1v) is 6.49. The molecule has 0 aliphatic heterocycles. The van der Waals surface area contributed by atoms with Crippen LogP contribution in [0.5, 0.6) is 0 Å². The molecule has 0 saturated heterocycles. The van der Waals surface area contributed by atoms with Crippen LogP contribution in [0, 0.1) is 6.92 Å². The van der Waals surface area contributed by atoms with Gasteiger partial charge in [0.25, 0.3) is 0 Å². The predicted molar refractivity (Wildman–Crippen MR) is 64.7 cm³/mol. The second-order valence-corrected chi connectivity index (χ2v) is 5.37. The topological polar surface area (TPSA) is 127 Å². The molecular weight excluding hydrogens is 260 g/mol. The number of benzene rings is 1. The molecule has 0 aliphatic rings. The number of sulfonamides is 1. The van der Waals surface area contributed by atoms with Crippen LogP contribution >= 0.6 is 0 Å². The van der Waals surface area contributed by atoms with E-state index in [1.165, 1.54) is 18.2 Å². The smallest absolute Gasteiger partial charge is 0.320 e. The number of hydrogen-bond acceptors (Lipinski definition) is 4. The molecule has 0 spiro atoms. The SMILES string of the molecule is Cc1cc(C(N)=O)ccc1NS(=O)(=O)CC(=O)O. The first kappa shape index (κ1) is 14.0. The van der Waals surface area contributed by atoms with E-state index in [1.807, 2.05) is 0 Å². The van der Waals surface area contributed by atoms with E-state index in [0.29, 0.717) is 5.56 Å². The number of anilines is 1. The number of aryl methyl sites for hydroxylation is 1. The molecule has 18 heavy (non-hydrogen) atoms. The highest BCUT2D eigenvalue weighted by molar-refractivity contribution is 7.93. The molecule has 0 aliphatic carbocycles. The van der Waals surface area contributed by atoms with Gasteiger partial charge in [0.1, 0.15) is 0 Å². The molecule has 98 valence electrons. The number of aliphatic carboxylic acids is 1. The molecule has 7 nitrogen and oxygen atoms in total. The Morgan fingerprint density at radius 2 is 2.00 bits per heavy atom. The fourth-order valence-electron chi connectivity index (χ4n) is 1.30. The lowest BCUT2D eigenvalue weighted by Gasteiger charge is -2.09. The van der Waals surface area contributed by atoms with Gasteiger partial charge in [0, 0.05) is 5.56 Å². The minimum atomic E-state index is -3.96. The molecule has 0 bridgehead atoms. The van der Waals surface area contributed by atoms with Gasteiger partial charge in [-0.25, -0.2) is 8.42 Å². The third-order valence-electron chi connectivity index (χ3n) is 2.09. The number of carbonyl (C=O) groups excluding carboxylic acids is 1. The first-order valence-electron chi connectivity index (χ1n) is 4.84. The van der Waals surface area contributed by atoms with E-state index in [4.69, 9.17) is 10.8 Å². The van der Waals surface area contributed by atoms with Crippen LogP contribution in [0.2, 0.25) is 0 Å². The van der Waals surface area contributed by atoms with Gasteiger partial charge in [0.15, 0.2) is 5.75 Å². The number of primary amides is 1. The third kappa shape index (κ3) is 3.74. The molecule has 8 heteroatoms. The van der Waals surface area contributed by atoms with E-state index < -0.39 is 27.7 Å². The van der Waals surface area contributed by atoms with Crippen molar-refractivity contribution in [1.29, 1.82) is 0 Å². The zero-order valence-electron chi connectivity index (χ0n) is 9.50. The summed E-state index contributed by atoms with van der Waals surface area (Å²) >= 11 is 0. The van der Waals surface area contributed by atoms with Crippen molar-refractivity contribution in [2.24, 2.45) is 5.73 Å². The molecule has 0 unspecified atom stereocenters. The quantitative estimate of drug-likeness (QED) is 0.691. The molecule has 4 N–H and O–H groups in total. The second kappa shape index (κ2) is 5.05. The van der Waals surface area contributed by atoms with Crippen molar-refractivity contribution in [3.63, 3.8) is 0 Å². The number of amides is 1. The van der Waals surface area contributed by atoms with Crippen LogP contribution in [0.3, 0.4) is 0 Å².